The van der Waals surface area contributed by atoms with Gasteiger partial charge < -0.3 is 4.57 Å². The molecule has 0 spiro atoms. The maximum atomic E-state index is 13.1. The third-order valence-electron chi connectivity index (χ3n) is 6.01. The fraction of sp³-hybridized carbons (Fsp3) is 0.619. The van der Waals surface area contributed by atoms with Crippen LogP contribution in [0.25, 0.3) is 0 Å². The molecule has 1 aromatic heterocycles. The zero-order chi connectivity index (χ0) is 18.6. The van der Waals surface area contributed by atoms with Crippen molar-refractivity contribution in [2.75, 3.05) is 26.2 Å². The van der Waals surface area contributed by atoms with Crippen LogP contribution in [0.5, 0.6) is 0 Å². The van der Waals surface area contributed by atoms with Gasteiger partial charge >= 0.3 is 0 Å². The molecule has 0 bridgehead atoms. The molecular weight excluding hydrogens is 341 g/mol. The highest BCUT2D eigenvalue weighted by atomic mass is 19.1. The summed E-state index contributed by atoms with van der Waals surface area (Å²) in [6.07, 6.45) is 4.84. The van der Waals surface area contributed by atoms with E-state index in [0.717, 1.165) is 51.4 Å². The predicted octanol–water partition coefficient (Wildman–Crippen LogP) is 3.41. The first-order chi connectivity index (χ1) is 13.2. The molecule has 4 rings (SSSR count). The summed E-state index contributed by atoms with van der Waals surface area (Å²) in [5, 5.41) is 9.14. The van der Waals surface area contributed by atoms with Crippen molar-refractivity contribution in [1.29, 1.82) is 0 Å². The number of halogens is 1. The second-order valence-corrected chi connectivity index (χ2v) is 7.88. The fourth-order valence-electron chi connectivity index (χ4n) is 4.45. The lowest BCUT2D eigenvalue weighted by atomic mass is 9.95. The normalized spacial score (nSPS) is 19.8. The van der Waals surface area contributed by atoms with Gasteiger partial charge in [0.05, 0.1) is 6.54 Å². The zero-order valence-corrected chi connectivity index (χ0v) is 16.3. The zero-order valence-electron chi connectivity index (χ0n) is 16.3. The smallest absolute Gasteiger partial charge is 0.147 e. The number of aromatic nitrogens is 3. The summed E-state index contributed by atoms with van der Waals surface area (Å²) >= 11 is 0. The minimum atomic E-state index is -0.166. The van der Waals surface area contributed by atoms with Crippen molar-refractivity contribution in [2.45, 2.75) is 58.2 Å². The lowest BCUT2D eigenvalue weighted by Crippen LogP contribution is -2.33. The molecular formula is C21H30FN5. The number of benzene rings is 1. The lowest BCUT2D eigenvalue weighted by Gasteiger charge is -2.31. The summed E-state index contributed by atoms with van der Waals surface area (Å²) in [6.45, 7) is 9.46. The molecule has 6 heteroatoms. The highest BCUT2D eigenvalue weighted by molar-refractivity contribution is 5.16. The summed E-state index contributed by atoms with van der Waals surface area (Å²) < 4.78 is 15.4. The standard InChI is InChI=1S/C21H30FN5/c1-2-27-20(16-25-11-3-4-12-25)23-24-21(27)18-9-13-26(14-10-18)15-17-5-7-19(22)8-6-17/h5-8,18H,2-4,9-16H2,1H3. The Morgan fingerprint density at radius 3 is 2.26 bits per heavy atom. The van der Waals surface area contributed by atoms with Gasteiger partial charge in [-0.15, -0.1) is 10.2 Å². The summed E-state index contributed by atoms with van der Waals surface area (Å²) in [4.78, 5) is 4.95. The van der Waals surface area contributed by atoms with Crippen molar-refractivity contribution in [3.63, 3.8) is 0 Å². The van der Waals surface area contributed by atoms with Crippen molar-refractivity contribution in [3.8, 4) is 0 Å². The first-order valence-corrected chi connectivity index (χ1v) is 10.3. The van der Waals surface area contributed by atoms with Crippen molar-refractivity contribution < 1.29 is 4.39 Å². The number of hydrogen-bond acceptors (Lipinski definition) is 4. The second kappa shape index (κ2) is 8.48. The van der Waals surface area contributed by atoms with Gasteiger partial charge in [-0.2, -0.15) is 0 Å². The summed E-state index contributed by atoms with van der Waals surface area (Å²) in [5.41, 5.74) is 1.18. The molecule has 0 radical (unpaired) electrons. The number of likely N-dealkylation sites (tertiary alicyclic amines) is 2. The minimum absolute atomic E-state index is 0.166. The van der Waals surface area contributed by atoms with E-state index in [9.17, 15) is 4.39 Å². The quantitative estimate of drug-likeness (QED) is 0.780. The van der Waals surface area contributed by atoms with E-state index in [1.165, 1.54) is 37.3 Å². The number of rotatable bonds is 6. The van der Waals surface area contributed by atoms with E-state index in [-0.39, 0.29) is 5.82 Å². The Morgan fingerprint density at radius 1 is 0.926 bits per heavy atom. The van der Waals surface area contributed by atoms with Crippen LogP contribution in [-0.4, -0.2) is 50.7 Å². The molecule has 1 aromatic carbocycles. The van der Waals surface area contributed by atoms with E-state index < -0.39 is 0 Å². The van der Waals surface area contributed by atoms with Crippen molar-refractivity contribution in [2.24, 2.45) is 0 Å². The van der Waals surface area contributed by atoms with E-state index in [1.54, 1.807) is 12.1 Å². The molecule has 2 fully saturated rings. The number of hydrogen-bond donors (Lipinski definition) is 0. The number of piperidine rings is 1. The predicted molar refractivity (Wildman–Crippen MR) is 104 cm³/mol. The van der Waals surface area contributed by atoms with Crippen LogP contribution in [0.4, 0.5) is 4.39 Å². The van der Waals surface area contributed by atoms with Crippen LogP contribution in [0.3, 0.4) is 0 Å². The van der Waals surface area contributed by atoms with E-state index in [4.69, 9.17) is 0 Å². The maximum absolute atomic E-state index is 13.1. The van der Waals surface area contributed by atoms with Gasteiger partial charge in [0.1, 0.15) is 17.5 Å². The highest BCUT2D eigenvalue weighted by Gasteiger charge is 2.26. The Kier molecular flexibility index (Phi) is 5.83. The molecule has 2 aliphatic heterocycles. The molecule has 0 N–H and O–H groups in total. The molecule has 0 atom stereocenters. The van der Waals surface area contributed by atoms with Crippen LogP contribution in [0.1, 0.15) is 55.7 Å². The molecule has 27 heavy (non-hydrogen) atoms. The van der Waals surface area contributed by atoms with Crippen LogP contribution >= 0.6 is 0 Å². The Balaban J connectivity index is 1.36. The molecule has 0 aliphatic carbocycles. The molecule has 0 saturated carbocycles. The van der Waals surface area contributed by atoms with Crippen molar-refractivity contribution >= 4 is 0 Å². The average molecular weight is 372 g/mol. The first-order valence-electron chi connectivity index (χ1n) is 10.3. The molecule has 0 unspecified atom stereocenters. The summed E-state index contributed by atoms with van der Waals surface area (Å²) in [6, 6.07) is 6.88. The van der Waals surface area contributed by atoms with Crippen LogP contribution in [0.2, 0.25) is 0 Å². The third-order valence-corrected chi connectivity index (χ3v) is 6.01. The van der Waals surface area contributed by atoms with Crippen LogP contribution in [0.15, 0.2) is 24.3 Å². The average Bonchev–Trinajstić information content (AvgIpc) is 3.34. The van der Waals surface area contributed by atoms with E-state index in [0.29, 0.717) is 5.92 Å². The summed E-state index contributed by atoms with van der Waals surface area (Å²) in [7, 11) is 0. The van der Waals surface area contributed by atoms with E-state index in [2.05, 4.69) is 31.5 Å². The summed E-state index contributed by atoms with van der Waals surface area (Å²) in [5.74, 6) is 2.63. The van der Waals surface area contributed by atoms with Gasteiger partial charge in [0.2, 0.25) is 0 Å². The van der Waals surface area contributed by atoms with Gasteiger partial charge in [-0.05, 0) is 76.5 Å². The molecule has 2 saturated heterocycles. The highest BCUT2D eigenvalue weighted by Crippen LogP contribution is 2.28. The van der Waals surface area contributed by atoms with Crippen LogP contribution in [0, 0.1) is 5.82 Å². The monoisotopic (exact) mass is 371 g/mol. The van der Waals surface area contributed by atoms with Gasteiger partial charge in [-0.3, -0.25) is 9.80 Å². The molecule has 2 aliphatic rings. The van der Waals surface area contributed by atoms with Gasteiger partial charge in [0.15, 0.2) is 0 Å². The first kappa shape index (κ1) is 18.6. The molecule has 0 amide bonds. The lowest BCUT2D eigenvalue weighted by molar-refractivity contribution is 0.199. The Bertz CT molecular complexity index is 728. The van der Waals surface area contributed by atoms with Gasteiger partial charge in [-0.1, -0.05) is 12.1 Å². The SMILES string of the molecule is CCn1c(CN2CCCC2)nnc1C1CCN(Cc2ccc(F)cc2)CC1. The molecule has 146 valence electrons. The molecule has 5 nitrogen and oxygen atoms in total. The van der Waals surface area contributed by atoms with Gasteiger partial charge in [0.25, 0.3) is 0 Å². The van der Waals surface area contributed by atoms with Crippen molar-refractivity contribution in [1.82, 2.24) is 24.6 Å². The topological polar surface area (TPSA) is 37.2 Å². The van der Waals surface area contributed by atoms with Gasteiger partial charge in [-0.25, -0.2) is 4.39 Å². The van der Waals surface area contributed by atoms with Crippen LogP contribution < -0.4 is 0 Å². The van der Waals surface area contributed by atoms with E-state index in [1.807, 2.05) is 12.1 Å². The maximum Gasteiger partial charge on any atom is 0.147 e. The van der Waals surface area contributed by atoms with Gasteiger partial charge in [0, 0.05) is 19.0 Å². The van der Waals surface area contributed by atoms with Crippen LogP contribution in [-0.2, 0) is 19.6 Å². The Morgan fingerprint density at radius 2 is 1.59 bits per heavy atom. The number of nitrogens with zero attached hydrogens (tertiary/aromatic N) is 5. The third kappa shape index (κ3) is 4.38. The van der Waals surface area contributed by atoms with E-state index >= 15 is 0 Å². The minimum Gasteiger partial charge on any atom is -0.314 e. The molecule has 3 heterocycles. The largest absolute Gasteiger partial charge is 0.314 e. The second-order valence-electron chi connectivity index (χ2n) is 7.88. The fourth-order valence-corrected chi connectivity index (χ4v) is 4.45. The Hall–Kier alpha value is -1.79. The van der Waals surface area contributed by atoms with Crippen molar-refractivity contribution in [3.05, 3.63) is 47.3 Å². The molecule has 2 aromatic rings. The Labute approximate surface area is 161 Å².